The molecule has 0 amide bonds. The second-order valence-corrected chi connectivity index (χ2v) is 7.96. The van der Waals surface area contributed by atoms with Gasteiger partial charge in [0.05, 0.1) is 24.9 Å². The number of hydrogen-bond acceptors (Lipinski definition) is 7. The molecule has 2 heterocycles. The zero-order valence-corrected chi connectivity index (χ0v) is 19.7. The van der Waals surface area contributed by atoms with E-state index in [0.29, 0.717) is 36.3 Å². The smallest absolute Gasteiger partial charge is 0.337 e. The fourth-order valence-corrected chi connectivity index (χ4v) is 3.61. The van der Waals surface area contributed by atoms with Gasteiger partial charge in [-0.2, -0.15) is 0 Å². The summed E-state index contributed by atoms with van der Waals surface area (Å²) in [5.74, 6) is 0.579. The van der Waals surface area contributed by atoms with Gasteiger partial charge in [0.15, 0.2) is 0 Å². The highest BCUT2D eigenvalue weighted by Crippen LogP contribution is 2.15. The maximum absolute atomic E-state index is 13.3. The highest BCUT2D eigenvalue weighted by Gasteiger charge is 2.14. The van der Waals surface area contributed by atoms with Crippen molar-refractivity contribution in [2.45, 2.75) is 59.1 Å². The van der Waals surface area contributed by atoms with E-state index in [9.17, 15) is 14.0 Å². The number of hydrogen-bond donors (Lipinski definition) is 0. The molecule has 0 spiro atoms. The molecule has 0 unspecified atom stereocenters. The summed E-state index contributed by atoms with van der Waals surface area (Å²) in [7, 11) is 1.32. The van der Waals surface area contributed by atoms with Crippen LogP contribution < -0.4 is 0 Å². The lowest BCUT2D eigenvalue weighted by Gasteiger charge is -2.11. The van der Waals surface area contributed by atoms with Crippen molar-refractivity contribution in [1.82, 2.24) is 19.7 Å². The zero-order chi connectivity index (χ0) is 24.5. The van der Waals surface area contributed by atoms with E-state index in [4.69, 9.17) is 9.47 Å². The van der Waals surface area contributed by atoms with Crippen LogP contribution in [0.5, 0.6) is 0 Å². The van der Waals surface area contributed by atoms with Crippen molar-refractivity contribution in [2.75, 3.05) is 7.11 Å². The van der Waals surface area contributed by atoms with Gasteiger partial charge in [-0.05, 0) is 49.1 Å². The molecule has 180 valence electrons. The van der Waals surface area contributed by atoms with Crippen LogP contribution in [0.25, 0.3) is 0 Å². The molecule has 8 nitrogen and oxygen atoms in total. The lowest BCUT2D eigenvalue weighted by molar-refractivity contribution is -0.142. The number of methoxy groups -OCH3 is 1. The molecule has 0 N–H and O–H groups in total. The Morgan fingerprint density at radius 2 is 1.68 bits per heavy atom. The van der Waals surface area contributed by atoms with Crippen LogP contribution in [-0.4, -0.2) is 38.8 Å². The Balaban J connectivity index is 1.73. The van der Waals surface area contributed by atoms with Gasteiger partial charge in [-0.3, -0.25) is 9.78 Å². The number of aromatic nitrogens is 4. The molecule has 0 bridgehead atoms. The third-order valence-corrected chi connectivity index (χ3v) is 5.24. The maximum atomic E-state index is 13.3. The molecular formula is C25H29FN4O4. The first-order valence-electron chi connectivity index (χ1n) is 11.3. The van der Waals surface area contributed by atoms with Crippen LogP contribution in [-0.2, 0) is 46.7 Å². The van der Waals surface area contributed by atoms with Crippen molar-refractivity contribution in [3.63, 3.8) is 0 Å². The topological polar surface area (TPSA) is 96.2 Å². The fraction of sp³-hybridized carbons (Fsp3) is 0.400. The number of carbonyl (C=O) groups is 2. The Labute approximate surface area is 198 Å². The van der Waals surface area contributed by atoms with Gasteiger partial charge in [0.2, 0.25) is 0 Å². The predicted molar refractivity (Wildman–Crippen MR) is 123 cm³/mol. The largest absolute Gasteiger partial charge is 0.465 e. The van der Waals surface area contributed by atoms with Crippen molar-refractivity contribution < 1.29 is 23.5 Å². The molecule has 0 radical (unpaired) electrons. The minimum Gasteiger partial charge on any atom is -0.465 e. The van der Waals surface area contributed by atoms with Crippen molar-refractivity contribution in [2.24, 2.45) is 0 Å². The van der Waals surface area contributed by atoms with Crippen LogP contribution in [0, 0.1) is 5.82 Å². The summed E-state index contributed by atoms with van der Waals surface area (Å²) < 4.78 is 25.2. The number of halogens is 1. The number of esters is 2. The van der Waals surface area contributed by atoms with Crippen LogP contribution >= 0.6 is 0 Å². The summed E-state index contributed by atoms with van der Waals surface area (Å²) in [6.07, 6.45) is 3.71. The Morgan fingerprint density at radius 3 is 2.32 bits per heavy atom. The summed E-state index contributed by atoms with van der Waals surface area (Å²) in [5, 5.41) is 8.75. The number of carbonyl (C=O) groups excluding carboxylic acids is 2. The molecule has 3 rings (SSSR count). The van der Waals surface area contributed by atoms with Gasteiger partial charge in [0.25, 0.3) is 0 Å². The zero-order valence-electron chi connectivity index (χ0n) is 19.7. The maximum Gasteiger partial charge on any atom is 0.337 e. The normalized spacial score (nSPS) is 10.8. The average Bonchev–Trinajstić information content (AvgIpc) is 3.19. The summed E-state index contributed by atoms with van der Waals surface area (Å²) >= 11 is 0. The molecule has 9 heteroatoms. The van der Waals surface area contributed by atoms with Crippen LogP contribution in [0.2, 0.25) is 0 Å². The molecule has 0 aliphatic heterocycles. The number of pyridine rings is 1. The first-order valence-corrected chi connectivity index (χ1v) is 11.3. The Kier molecular flexibility index (Phi) is 8.84. The number of benzene rings is 1. The SMILES string of the molecule is CCCc1nnc(CCCc2cc(C(=O)OC)cc(COC(C)=O)n2)n1Cc1ccc(F)cc1. The van der Waals surface area contributed by atoms with E-state index in [1.54, 1.807) is 24.3 Å². The second-order valence-electron chi connectivity index (χ2n) is 7.96. The molecule has 0 aliphatic rings. The van der Waals surface area contributed by atoms with E-state index in [-0.39, 0.29) is 12.4 Å². The number of nitrogens with zero attached hydrogens (tertiary/aromatic N) is 4. The van der Waals surface area contributed by atoms with E-state index in [1.165, 1.54) is 26.2 Å². The highest BCUT2D eigenvalue weighted by molar-refractivity contribution is 5.89. The molecular weight excluding hydrogens is 439 g/mol. The molecule has 0 saturated heterocycles. The molecule has 0 atom stereocenters. The number of ether oxygens (including phenoxy) is 2. The first-order chi connectivity index (χ1) is 16.4. The van der Waals surface area contributed by atoms with E-state index < -0.39 is 11.9 Å². The average molecular weight is 469 g/mol. The molecule has 34 heavy (non-hydrogen) atoms. The third kappa shape index (κ3) is 6.94. The molecule has 0 aliphatic carbocycles. The molecule has 0 fully saturated rings. The monoisotopic (exact) mass is 468 g/mol. The number of rotatable bonds is 11. The van der Waals surface area contributed by atoms with Gasteiger partial charge in [-0.15, -0.1) is 10.2 Å². The summed E-state index contributed by atoms with van der Waals surface area (Å²) in [4.78, 5) is 27.7. The minimum absolute atomic E-state index is 0.0143. The van der Waals surface area contributed by atoms with Crippen molar-refractivity contribution in [3.8, 4) is 0 Å². The highest BCUT2D eigenvalue weighted by atomic mass is 19.1. The van der Waals surface area contributed by atoms with Gasteiger partial charge < -0.3 is 14.0 Å². The van der Waals surface area contributed by atoms with Crippen LogP contribution in [0.15, 0.2) is 36.4 Å². The summed E-state index contributed by atoms with van der Waals surface area (Å²) in [6, 6.07) is 9.69. The fourth-order valence-electron chi connectivity index (χ4n) is 3.61. The van der Waals surface area contributed by atoms with Crippen molar-refractivity contribution in [3.05, 3.63) is 76.4 Å². The summed E-state index contributed by atoms with van der Waals surface area (Å²) in [6.45, 7) is 3.96. The standard InChI is InChI=1S/C25H29FN4O4/c1-4-6-23-28-29-24(30(23)15-18-9-11-20(26)12-10-18)8-5-7-21-13-19(25(32)33-3)14-22(27-21)16-34-17(2)31/h9-14H,4-8,15-16H2,1-3H3. The van der Waals surface area contributed by atoms with Crippen molar-refractivity contribution in [1.29, 1.82) is 0 Å². The first kappa shape index (κ1) is 25.0. The lowest BCUT2D eigenvalue weighted by atomic mass is 10.1. The van der Waals surface area contributed by atoms with E-state index in [2.05, 4.69) is 26.7 Å². The predicted octanol–water partition coefficient (Wildman–Crippen LogP) is 3.84. The third-order valence-electron chi connectivity index (χ3n) is 5.24. The van der Waals surface area contributed by atoms with E-state index >= 15 is 0 Å². The van der Waals surface area contributed by atoms with Gasteiger partial charge in [-0.1, -0.05) is 19.1 Å². The minimum atomic E-state index is -0.476. The second kappa shape index (κ2) is 12.0. The summed E-state index contributed by atoms with van der Waals surface area (Å²) in [5.41, 5.74) is 2.52. The number of aryl methyl sites for hydroxylation is 3. The Hall–Kier alpha value is -3.62. The van der Waals surface area contributed by atoms with Gasteiger partial charge in [0, 0.05) is 25.5 Å². The Bertz CT molecular complexity index is 1130. The van der Waals surface area contributed by atoms with Crippen LogP contribution in [0.1, 0.15) is 65.6 Å². The van der Waals surface area contributed by atoms with Crippen LogP contribution in [0.3, 0.4) is 0 Å². The van der Waals surface area contributed by atoms with Gasteiger partial charge in [-0.25, -0.2) is 9.18 Å². The van der Waals surface area contributed by atoms with Gasteiger partial charge in [0.1, 0.15) is 24.1 Å². The lowest BCUT2D eigenvalue weighted by Crippen LogP contribution is -2.11. The van der Waals surface area contributed by atoms with E-state index in [0.717, 1.165) is 36.5 Å². The van der Waals surface area contributed by atoms with Crippen LogP contribution in [0.4, 0.5) is 4.39 Å². The molecule has 3 aromatic rings. The molecule has 0 saturated carbocycles. The van der Waals surface area contributed by atoms with E-state index in [1.807, 2.05) is 0 Å². The van der Waals surface area contributed by atoms with Crippen molar-refractivity contribution >= 4 is 11.9 Å². The Morgan fingerprint density at radius 1 is 1.00 bits per heavy atom. The molecule has 1 aromatic carbocycles. The van der Waals surface area contributed by atoms with Gasteiger partial charge >= 0.3 is 11.9 Å². The molecule has 2 aromatic heterocycles. The quantitative estimate of drug-likeness (QED) is 0.395.